The van der Waals surface area contributed by atoms with Crippen LogP contribution in [0.2, 0.25) is 0 Å². The largest absolute Gasteiger partial charge is 0.387 e. The van der Waals surface area contributed by atoms with Crippen LogP contribution in [0.3, 0.4) is 0 Å². The molecule has 0 saturated carbocycles. The first-order valence-electron chi connectivity index (χ1n) is 8.33. The summed E-state index contributed by atoms with van der Waals surface area (Å²) in [6.07, 6.45) is 4.16. The Labute approximate surface area is 140 Å². The minimum absolute atomic E-state index is 0.458. The molecule has 3 aromatic rings. The van der Waals surface area contributed by atoms with Gasteiger partial charge < -0.3 is 15.0 Å². The fraction of sp³-hybridized carbons (Fsp3) is 0.333. The summed E-state index contributed by atoms with van der Waals surface area (Å²) in [7, 11) is 0. The van der Waals surface area contributed by atoms with Gasteiger partial charge in [0.15, 0.2) is 5.82 Å². The van der Waals surface area contributed by atoms with Gasteiger partial charge in [0.1, 0.15) is 5.69 Å². The highest BCUT2D eigenvalue weighted by Gasteiger charge is 2.17. The van der Waals surface area contributed by atoms with Crippen LogP contribution >= 0.6 is 0 Å². The molecule has 6 heteroatoms. The smallest absolute Gasteiger partial charge is 0.160 e. The first-order valence-corrected chi connectivity index (χ1v) is 8.33. The number of rotatable bonds is 4. The highest BCUT2D eigenvalue weighted by molar-refractivity contribution is 5.50. The van der Waals surface area contributed by atoms with Crippen molar-refractivity contribution >= 4 is 0 Å². The molecule has 0 radical (unpaired) electrons. The summed E-state index contributed by atoms with van der Waals surface area (Å²) in [6, 6.07) is 11.8. The Morgan fingerprint density at radius 2 is 2.12 bits per heavy atom. The summed E-state index contributed by atoms with van der Waals surface area (Å²) in [5, 5.41) is 18.6. The Hall–Kier alpha value is -2.44. The van der Waals surface area contributed by atoms with Crippen LogP contribution in [0.4, 0.5) is 0 Å². The van der Waals surface area contributed by atoms with E-state index in [0.29, 0.717) is 6.54 Å². The summed E-state index contributed by atoms with van der Waals surface area (Å²) in [5.41, 5.74) is 2.95. The van der Waals surface area contributed by atoms with Gasteiger partial charge in [0.2, 0.25) is 0 Å². The van der Waals surface area contributed by atoms with E-state index in [-0.39, 0.29) is 0 Å². The molecule has 3 heterocycles. The average Bonchev–Trinajstić information content (AvgIpc) is 3.17. The molecular formula is C18H21N5O. The number of aliphatic hydroxyl groups is 1. The van der Waals surface area contributed by atoms with Crippen LogP contribution in [0, 0.1) is 0 Å². The fourth-order valence-electron chi connectivity index (χ4n) is 3.13. The van der Waals surface area contributed by atoms with Crippen LogP contribution < -0.4 is 5.32 Å². The Kier molecular flexibility index (Phi) is 4.15. The lowest BCUT2D eigenvalue weighted by atomic mass is 10.1. The molecule has 1 aliphatic heterocycles. The molecule has 1 atom stereocenters. The lowest BCUT2D eigenvalue weighted by Gasteiger charge is -2.13. The van der Waals surface area contributed by atoms with Gasteiger partial charge in [-0.25, -0.2) is 4.98 Å². The number of aliphatic hydroxyl groups excluding tert-OH is 1. The number of benzene rings is 1. The number of nitrogens with one attached hydrogen (secondary N) is 1. The fourth-order valence-corrected chi connectivity index (χ4v) is 3.13. The quantitative estimate of drug-likeness (QED) is 0.770. The third-order valence-corrected chi connectivity index (χ3v) is 4.39. The highest BCUT2D eigenvalue weighted by atomic mass is 16.3. The zero-order valence-electron chi connectivity index (χ0n) is 13.5. The molecule has 2 aromatic heterocycles. The van der Waals surface area contributed by atoms with E-state index in [9.17, 15) is 5.11 Å². The minimum atomic E-state index is -0.568. The third kappa shape index (κ3) is 2.98. The monoisotopic (exact) mass is 323 g/mol. The van der Waals surface area contributed by atoms with Crippen LogP contribution in [0.25, 0.3) is 11.5 Å². The van der Waals surface area contributed by atoms with Crippen molar-refractivity contribution in [2.45, 2.75) is 32.2 Å². The van der Waals surface area contributed by atoms with Crippen molar-refractivity contribution in [2.75, 3.05) is 6.54 Å². The maximum Gasteiger partial charge on any atom is 0.160 e. The number of hydrogen-bond acceptors (Lipinski definition) is 4. The number of aromatic nitrogens is 4. The molecule has 0 unspecified atom stereocenters. The van der Waals surface area contributed by atoms with Crippen molar-refractivity contribution in [3.05, 3.63) is 60.0 Å². The number of nitrogens with zero attached hydrogens (tertiary/aromatic N) is 4. The first-order chi connectivity index (χ1) is 11.8. The standard InChI is InChI=1S/C18H21N5O/c24-17(14-5-2-1-3-6-14)13-22-10-8-20-18(22)16-11-15-12-19-7-4-9-23(15)21-16/h1-3,5-6,8,10-11,17,19,24H,4,7,9,12-13H2/t17-/m1/s1. The molecular weight excluding hydrogens is 302 g/mol. The van der Waals surface area contributed by atoms with E-state index in [1.807, 2.05) is 41.1 Å². The van der Waals surface area contributed by atoms with Crippen LogP contribution in [0.15, 0.2) is 48.8 Å². The number of imidazole rings is 1. The van der Waals surface area contributed by atoms with Crippen LogP contribution in [-0.4, -0.2) is 31.0 Å². The van der Waals surface area contributed by atoms with Gasteiger partial charge in [-0.1, -0.05) is 30.3 Å². The molecule has 4 rings (SSSR count). The SMILES string of the molecule is O[C@H](Cn1ccnc1-c1cc2n(n1)CCCNC2)c1ccccc1. The van der Waals surface area contributed by atoms with Gasteiger partial charge in [-0.05, 0) is 24.6 Å². The van der Waals surface area contributed by atoms with Gasteiger partial charge in [-0.2, -0.15) is 5.10 Å². The zero-order chi connectivity index (χ0) is 16.4. The van der Waals surface area contributed by atoms with Crippen molar-refractivity contribution in [3.8, 4) is 11.5 Å². The Bertz CT molecular complexity index is 784. The molecule has 0 fully saturated rings. The first kappa shape index (κ1) is 15.1. The molecule has 0 bridgehead atoms. The third-order valence-electron chi connectivity index (χ3n) is 4.39. The second-order valence-electron chi connectivity index (χ2n) is 6.10. The predicted molar refractivity (Wildman–Crippen MR) is 91.2 cm³/mol. The molecule has 1 aliphatic rings. The zero-order valence-corrected chi connectivity index (χ0v) is 13.5. The second-order valence-corrected chi connectivity index (χ2v) is 6.10. The van der Waals surface area contributed by atoms with E-state index in [1.165, 1.54) is 5.69 Å². The summed E-state index contributed by atoms with van der Waals surface area (Å²) in [6.45, 7) is 3.24. The lowest BCUT2D eigenvalue weighted by molar-refractivity contribution is 0.157. The van der Waals surface area contributed by atoms with Gasteiger partial charge in [0.25, 0.3) is 0 Å². The Morgan fingerprint density at radius 3 is 3.00 bits per heavy atom. The van der Waals surface area contributed by atoms with Gasteiger partial charge in [0, 0.05) is 25.5 Å². The molecule has 1 aromatic carbocycles. The summed E-state index contributed by atoms with van der Waals surface area (Å²) in [5.74, 6) is 0.797. The topological polar surface area (TPSA) is 67.9 Å². The number of fused-ring (bicyclic) bond motifs is 1. The summed E-state index contributed by atoms with van der Waals surface area (Å²) < 4.78 is 4.02. The number of hydrogen-bond donors (Lipinski definition) is 2. The lowest BCUT2D eigenvalue weighted by Crippen LogP contribution is -2.11. The van der Waals surface area contributed by atoms with Crippen molar-refractivity contribution in [1.82, 2.24) is 24.6 Å². The molecule has 124 valence electrons. The van der Waals surface area contributed by atoms with Crippen LogP contribution in [-0.2, 0) is 19.6 Å². The number of aryl methyl sites for hydroxylation is 1. The van der Waals surface area contributed by atoms with Crippen LogP contribution in [0.1, 0.15) is 23.8 Å². The molecule has 24 heavy (non-hydrogen) atoms. The minimum Gasteiger partial charge on any atom is -0.387 e. The molecule has 0 spiro atoms. The van der Waals surface area contributed by atoms with Crippen LogP contribution in [0.5, 0.6) is 0 Å². The van der Waals surface area contributed by atoms with E-state index >= 15 is 0 Å². The van der Waals surface area contributed by atoms with Crippen molar-refractivity contribution in [3.63, 3.8) is 0 Å². The molecule has 0 aliphatic carbocycles. The van der Waals surface area contributed by atoms with E-state index in [4.69, 9.17) is 5.10 Å². The van der Waals surface area contributed by atoms with E-state index in [0.717, 1.165) is 43.1 Å². The molecule has 2 N–H and O–H groups in total. The molecule has 6 nitrogen and oxygen atoms in total. The van der Waals surface area contributed by atoms with E-state index in [2.05, 4.69) is 21.0 Å². The van der Waals surface area contributed by atoms with Gasteiger partial charge in [-0.15, -0.1) is 0 Å². The second kappa shape index (κ2) is 6.59. The normalized spacial score (nSPS) is 15.7. The van der Waals surface area contributed by atoms with Crippen molar-refractivity contribution in [2.24, 2.45) is 0 Å². The van der Waals surface area contributed by atoms with Crippen molar-refractivity contribution in [1.29, 1.82) is 0 Å². The van der Waals surface area contributed by atoms with Gasteiger partial charge >= 0.3 is 0 Å². The van der Waals surface area contributed by atoms with Gasteiger partial charge in [0.05, 0.1) is 18.3 Å². The maximum absolute atomic E-state index is 10.5. The Morgan fingerprint density at radius 1 is 1.25 bits per heavy atom. The summed E-state index contributed by atoms with van der Waals surface area (Å²) in [4.78, 5) is 4.46. The molecule has 0 amide bonds. The van der Waals surface area contributed by atoms with Crippen molar-refractivity contribution < 1.29 is 5.11 Å². The maximum atomic E-state index is 10.5. The predicted octanol–water partition coefficient (Wildman–Crippen LogP) is 1.97. The van der Waals surface area contributed by atoms with E-state index in [1.54, 1.807) is 6.20 Å². The average molecular weight is 323 g/mol. The molecule has 0 saturated heterocycles. The Balaban J connectivity index is 1.59. The van der Waals surface area contributed by atoms with E-state index < -0.39 is 6.10 Å². The van der Waals surface area contributed by atoms with Gasteiger partial charge in [-0.3, -0.25) is 4.68 Å². The summed E-state index contributed by atoms with van der Waals surface area (Å²) >= 11 is 0. The highest BCUT2D eigenvalue weighted by Crippen LogP contribution is 2.22.